The number of hydrogen-bond donors (Lipinski definition) is 1. The van der Waals surface area contributed by atoms with E-state index in [-0.39, 0.29) is 17.5 Å². The molecule has 0 unspecified atom stereocenters. The Bertz CT molecular complexity index is 1580. The first-order chi connectivity index (χ1) is 17.6. The summed E-state index contributed by atoms with van der Waals surface area (Å²) in [5.41, 5.74) is 8.25. The smallest absolute Gasteiger partial charge is 0.164 e. The van der Waals surface area contributed by atoms with Crippen molar-refractivity contribution in [1.82, 2.24) is 19.7 Å². The van der Waals surface area contributed by atoms with Crippen molar-refractivity contribution in [2.75, 3.05) is 5.73 Å². The molecule has 0 aliphatic carbocycles. The fraction of sp³-hybridized carbons (Fsp3) is 0.192. The van der Waals surface area contributed by atoms with Crippen molar-refractivity contribution in [1.29, 1.82) is 0 Å². The van der Waals surface area contributed by atoms with Crippen molar-refractivity contribution < 1.29 is 16.6 Å². The van der Waals surface area contributed by atoms with Gasteiger partial charge in [0.15, 0.2) is 5.65 Å². The molecular formula is C26H24FN5O2S. The summed E-state index contributed by atoms with van der Waals surface area (Å²) in [5, 5.41) is 5.38. The molecule has 0 atom stereocenters. The molecule has 0 spiro atoms. The van der Waals surface area contributed by atoms with Gasteiger partial charge in [0.05, 0.1) is 8.13 Å². The van der Waals surface area contributed by atoms with Gasteiger partial charge in [-0.05, 0) is 57.2 Å². The van der Waals surface area contributed by atoms with Crippen molar-refractivity contribution in [3.63, 3.8) is 0 Å². The number of thiophene rings is 1. The van der Waals surface area contributed by atoms with Crippen LogP contribution in [-0.2, 0) is 6.56 Å². The molecule has 2 N–H and O–H groups in total. The standard InChI is InChI=1S/C26H24FN5O2S/c1-15(2)32-26-23(25(28)29-14-30-26)24(31-32)17-5-7-19(8-6-17)34-21-11-18(27)10-20(12-21)33-13-22-9-4-16(3)35-22/h4-12,14-15H,13H2,1-3H3,(H2,28,29,30)/i13D2. The van der Waals surface area contributed by atoms with Gasteiger partial charge in [0.2, 0.25) is 0 Å². The molecule has 5 aromatic rings. The minimum atomic E-state index is -2.11. The minimum absolute atomic E-state index is 0.0174. The predicted molar refractivity (Wildman–Crippen MR) is 135 cm³/mol. The monoisotopic (exact) mass is 491 g/mol. The van der Waals surface area contributed by atoms with Gasteiger partial charge >= 0.3 is 0 Å². The molecule has 9 heteroatoms. The third kappa shape index (κ3) is 4.81. The first-order valence-electron chi connectivity index (χ1n) is 11.9. The Morgan fingerprint density at radius 2 is 1.83 bits per heavy atom. The van der Waals surface area contributed by atoms with Gasteiger partial charge in [-0.25, -0.2) is 19.0 Å². The molecule has 3 heterocycles. The number of anilines is 1. The number of nitrogens with two attached hydrogens (primary N) is 1. The van der Waals surface area contributed by atoms with Gasteiger partial charge < -0.3 is 15.2 Å². The van der Waals surface area contributed by atoms with Crippen molar-refractivity contribution in [2.45, 2.75) is 33.4 Å². The Labute approximate surface area is 208 Å². The van der Waals surface area contributed by atoms with Crippen LogP contribution in [0.2, 0.25) is 0 Å². The van der Waals surface area contributed by atoms with Gasteiger partial charge in [-0.3, -0.25) is 0 Å². The highest BCUT2D eigenvalue weighted by molar-refractivity contribution is 7.11. The maximum absolute atomic E-state index is 14.3. The molecule has 5 rings (SSSR count). The number of nitrogen functional groups attached to an aromatic ring is 1. The fourth-order valence-electron chi connectivity index (χ4n) is 3.63. The molecule has 3 aromatic heterocycles. The van der Waals surface area contributed by atoms with E-state index in [9.17, 15) is 4.39 Å². The molecule has 2 aromatic carbocycles. The average Bonchev–Trinajstić information content (AvgIpc) is 3.44. The molecule has 35 heavy (non-hydrogen) atoms. The molecular weight excluding hydrogens is 465 g/mol. The minimum Gasteiger partial charge on any atom is -0.488 e. The van der Waals surface area contributed by atoms with Crippen LogP contribution in [0.25, 0.3) is 22.3 Å². The Morgan fingerprint density at radius 1 is 1.06 bits per heavy atom. The van der Waals surface area contributed by atoms with E-state index in [0.29, 0.717) is 33.2 Å². The molecule has 0 radical (unpaired) electrons. The van der Waals surface area contributed by atoms with E-state index in [4.69, 9.17) is 23.0 Å². The predicted octanol–water partition coefficient (Wildman–Crippen LogP) is 6.54. The summed E-state index contributed by atoms with van der Waals surface area (Å²) < 4.78 is 44.0. The number of hydrogen-bond acceptors (Lipinski definition) is 7. The Morgan fingerprint density at radius 3 is 2.54 bits per heavy atom. The number of benzene rings is 2. The number of aromatic nitrogens is 4. The molecule has 0 aliphatic rings. The number of ether oxygens (including phenoxy) is 2. The van der Waals surface area contributed by atoms with Crippen LogP contribution >= 0.6 is 11.3 Å². The lowest BCUT2D eigenvalue weighted by molar-refractivity contribution is 0.306. The quantitative estimate of drug-likeness (QED) is 0.278. The summed E-state index contributed by atoms with van der Waals surface area (Å²) in [5.74, 6) is 0.381. The second-order valence-corrected chi connectivity index (χ2v) is 9.50. The summed E-state index contributed by atoms with van der Waals surface area (Å²) in [6.07, 6.45) is 1.42. The largest absolute Gasteiger partial charge is 0.488 e. The number of halogens is 1. The Balaban J connectivity index is 1.40. The van der Waals surface area contributed by atoms with E-state index in [0.717, 1.165) is 16.5 Å². The number of rotatable bonds is 7. The van der Waals surface area contributed by atoms with Gasteiger partial charge in [0.1, 0.15) is 47.5 Å². The van der Waals surface area contributed by atoms with Gasteiger partial charge in [0, 0.05) is 39.6 Å². The summed E-state index contributed by atoms with van der Waals surface area (Å²) in [6.45, 7) is 3.79. The third-order valence-electron chi connectivity index (χ3n) is 5.23. The van der Waals surface area contributed by atoms with Gasteiger partial charge in [-0.2, -0.15) is 5.10 Å². The zero-order chi connectivity index (χ0) is 26.3. The van der Waals surface area contributed by atoms with Gasteiger partial charge in [-0.1, -0.05) is 0 Å². The molecule has 178 valence electrons. The third-order valence-corrected chi connectivity index (χ3v) is 6.12. The van der Waals surface area contributed by atoms with E-state index >= 15 is 0 Å². The van der Waals surface area contributed by atoms with Crippen LogP contribution in [0.3, 0.4) is 0 Å². The summed E-state index contributed by atoms with van der Waals surface area (Å²) >= 11 is 1.28. The SMILES string of the molecule is [2H]C([2H])(Oc1cc(F)cc(Oc2ccc(-c3nn(C(C)C)c4ncnc(N)c34)cc2)c1)c1ccc(C)s1. The fourth-order valence-corrected chi connectivity index (χ4v) is 4.33. The summed E-state index contributed by atoms with van der Waals surface area (Å²) in [6, 6.07) is 14.4. The van der Waals surface area contributed by atoms with Crippen LogP contribution in [0.15, 0.2) is 60.9 Å². The lowest BCUT2D eigenvalue weighted by atomic mass is 10.1. The molecule has 0 amide bonds. The van der Waals surface area contributed by atoms with E-state index < -0.39 is 12.4 Å². The van der Waals surface area contributed by atoms with E-state index in [1.54, 1.807) is 22.9 Å². The maximum atomic E-state index is 14.3. The Kier molecular flexibility index (Phi) is 5.44. The van der Waals surface area contributed by atoms with Crippen molar-refractivity contribution >= 4 is 28.2 Å². The van der Waals surface area contributed by atoms with Crippen molar-refractivity contribution in [2.24, 2.45) is 0 Å². The van der Waals surface area contributed by atoms with Crippen LogP contribution in [0.5, 0.6) is 17.2 Å². The van der Waals surface area contributed by atoms with Crippen LogP contribution in [-0.4, -0.2) is 19.7 Å². The lowest BCUT2D eigenvalue weighted by Gasteiger charge is -2.10. The molecule has 0 fully saturated rings. The lowest BCUT2D eigenvalue weighted by Crippen LogP contribution is -2.04. The van der Waals surface area contributed by atoms with E-state index in [1.165, 1.54) is 29.8 Å². The van der Waals surface area contributed by atoms with Crippen LogP contribution in [0.4, 0.5) is 10.2 Å². The number of aryl methyl sites for hydroxylation is 1. The molecule has 0 bridgehead atoms. The molecule has 0 saturated carbocycles. The molecule has 0 saturated heterocycles. The first kappa shape index (κ1) is 20.4. The van der Waals surface area contributed by atoms with Gasteiger partial charge in [0.25, 0.3) is 0 Å². The highest BCUT2D eigenvalue weighted by atomic mass is 32.1. The first-order valence-corrected chi connectivity index (χ1v) is 11.8. The van der Waals surface area contributed by atoms with Crippen LogP contribution < -0.4 is 15.2 Å². The van der Waals surface area contributed by atoms with Crippen molar-refractivity contribution in [3.05, 3.63) is 76.5 Å². The highest BCUT2D eigenvalue weighted by Gasteiger charge is 2.18. The number of nitrogens with zero attached hydrogens (tertiary/aromatic N) is 4. The molecule has 0 aliphatic heterocycles. The molecule has 7 nitrogen and oxygen atoms in total. The highest BCUT2D eigenvalue weighted by Crippen LogP contribution is 2.34. The zero-order valence-electron chi connectivity index (χ0n) is 21.3. The van der Waals surface area contributed by atoms with Crippen LogP contribution in [0.1, 0.15) is 32.4 Å². The average molecular weight is 492 g/mol. The summed E-state index contributed by atoms with van der Waals surface area (Å²) in [7, 11) is 0. The second kappa shape index (κ2) is 9.34. The van der Waals surface area contributed by atoms with E-state index in [2.05, 4.69) is 9.97 Å². The maximum Gasteiger partial charge on any atom is 0.164 e. The Hall–Kier alpha value is -3.98. The normalized spacial score (nSPS) is 12.6. The van der Waals surface area contributed by atoms with Crippen molar-refractivity contribution in [3.8, 4) is 28.5 Å². The van der Waals surface area contributed by atoms with Gasteiger partial charge in [-0.15, -0.1) is 11.3 Å². The number of fused-ring (bicyclic) bond motifs is 1. The van der Waals surface area contributed by atoms with Crippen LogP contribution in [0, 0.1) is 12.7 Å². The topological polar surface area (TPSA) is 88.1 Å². The second-order valence-electron chi connectivity index (χ2n) is 8.21. The van der Waals surface area contributed by atoms with E-state index in [1.807, 2.05) is 39.0 Å². The summed E-state index contributed by atoms with van der Waals surface area (Å²) in [4.78, 5) is 9.82. The zero-order valence-corrected chi connectivity index (χ0v) is 20.1.